The fraction of sp³-hybridized carbons (Fsp3) is 0.167. The second-order valence-corrected chi connectivity index (χ2v) is 4.69. The maximum Gasteiger partial charge on any atom is 0.337 e. The van der Waals surface area contributed by atoms with E-state index in [1.807, 2.05) is 0 Å². The van der Waals surface area contributed by atoms with Gasteiger partial charge in [-0.05, 0) is 25.1 Å². The number of carboxylic acid groups (broad SMARTS) is 1. The van der Waals surface area contributed by atoms with Crippen LogP contribution in [0, 0.1) is 6.92 Å². The summed E-state index contributed by atoms with van der Waals surface area (Å²) in [5.41, 5.74) is 1.49. The highest BCUT2D eigenvalue weighted by atomic mass is 79.9. The van der Waals surface area contributed by atoms with Crippen LogP contribution in [0.15, 0.2) is 33.3 Å². The molecule has 0 radical (unpaired) electrons. The van der Waals surface area contributed by atoms with Crippen LogP contribution in [0.1, 0.15) is 21.8 Å². The molecule has 6 heteroatoms. The van der Waals surface area contributed by atoms with Gasteiger partial charge in [0.2, 0.25) is 0 Å². The Balaban J connectivity index is 2.17. The minimum atomic E-state index is -0.971. The largest absolute Gasteiger partial charge is 0.478 e. The van der Waals surface area contributed by atoms with Crippen LogP contribution in [0.2, 0.25) is 0 Å². The number of nitrogens with zero attached hydrogens (tertiary/aromatic N) is 1. The molecule has 0 aliphatic rings. The lowest BCUT2D eigenvalue weighted by Crippen LogP contribution is -2.06. The van der Waals surface area contributed by atoms with E-state index in [0.717, 1.165) is 15.9 Å². The van der Waals surface area contributed by atoms with Gasteiger partial charge < -0.3 is 14.9 Å². The summed E-state index contributed by atoms with van der Waals surface area (Å²) < 4.78 is 5.75. The molecule has 0 atom stereocenters. The van der Waals surface area contributed by atoms with Crippen molar-refractivity contribution in [2.45, 2.75) is 13.5 Å². The predicted molar refractivity (Wildman–Crippen MR) is 69.7 cm³/mol. The Kier molecular flexibility index (Phi) is 3.66. The lowest BCUT2D eigenvalue weighted by atomic mass is 10.2. The highest BCUT2D eigenvalue weighted by molar-refractivity contribution is 9.10. The number of aromatic carboxylic acids is 1. The van der Waals surface area contributed by atoms with Crippen LogP contribution < -0.4 is 5.32 Å². The first-order valence-corrected chi connectivity index (χ1v) is 6.04. The molecule has 0 spiro atoms. The molecule has 1 heterocycles. The maximum absolute atomic E-state index is 11.1. The molecular weight excluding hydrogens is 300 g/mol. The lowest BCUT2D eigenvalue weighted by Gasteiger charge is -2.08. The van der Waals surface area contributed by atoms with Crippen LogP contribution >= 0.6 is 15.9 Å². The van der Waals surface area contributed by atoms with Crippen molar-refractivity contribution in [2.75, 3.05) is 5.32 Å². The summed E-state index contributed by atoms with van der Waals surface area (Å²) in [5, 5.41) is 15.9. The van der Waals surface area contributed by atoms with Gasteiger partial charge in [0.1, 0.15) is 11.5 Å². The van der Waals surface area contributed by atoms with Gasteiger partial charge in [0.15, 0.2) is 0 Å². The Labute approximate surface area is 112 Å². The van der Waals surface area contributed by atoms with Crippen molar-refractivity contribution in [3.05, 3.63) is 45.8 Å². The van der Waals surface area contributed by atoms with Gasteiger partial charge in [-0.3, -0.25) is 0 Å². The van der Waals surface area contributed by atoms with Crippen molar-refractivity contribution < 1.29 is 14.4 Å². The van der Waals surface area contributed by atoms with Crippen LogP contribution in [-0.4, -0.2) is 16.2 Å². The van der Waals surface area contributed by atoms with E-state index < -0.39 is 5.97 Å². The Hall–Kier alpha value is -1.82. The number of carbonyl (C=O) groups is 1. The molecule has 2 aromatic rings. The van der Waals surface area contributed by atoms with E-state index in [4.69, 9.17) is 9.63 Å². The molecule has 0 aliphatic heterocycles. The van der Waals surface area contributed by atoms with E-state index in [1.165, 1.54) is 0 Å². The third-order valence-electron chi connectivity index (χ3n) is 2.35. The van der Waals surface area contributed by atoms with Crippen LogP contribution in [0.3, 0.4) is 0 Å². The van der Waals surface area contributed by atoms with Gasteiger partial charge in [0, 0.05) is 10.5 Å². The number of aryl methyl sites for hydroxylation is 1. The highest BCUT2D eigenvalue weighted by Gasteiger charge is 2.10. The molecule has 0 saturated carbocycles. The number of halogens is 1. The molecule has 2 N–H and O–H groups in total. The number of hydrogen-bond donors (Lipinski definition) is 2. The summed E-state index contributed by atoms with van der Waals surface area (Å²) >= 11 is 3.31. The van der Waals surface area contributed by atoms with E-state index in [0.29, 0.717) is 12.2 Å². The van der Waals surface area contributed by atoms with Crippen LogP contribution in [0.25, 0.3) is 0 Å². The topological polar surface area (TPSA) is 75.4 Å². The number of aromatic nitrogens is 1. The summed E-state index contributed by atoms with van der Waals surface area (Å²) in [7, 11) is 0. The maximum atomic E-state index is 11.1. The van der Waals surface area contributed by atoms with Gasteiger partial charge in [-0.15, -0.1) is 0 Å². The number of benzene rings is 1. The first kappa shape index (κ1) is 12.6. The highest BCUT2D eigenvalue weighted by Crippen LogP contribution is 2.22. The molecule has 0 amide bonds. The van der Waals surface area contributed by atoms with Gasteiger partial charge in [-0.25, -0.2) is 4.79 Å². The zero-order valence-electron chi connectivity index (χ0n) is 9.61. The smallest absolute Gasteiger partial charge is 0.337 e. The molecule has 0 bridgehead atoms. The minimum absolute atomic E-state index is 0.221. The number of hydrogen-bond acceptors (Lipinski definition) is 4. The average molecular weight is 311 g/mol. The van der Waals surface area contributed by atoms with Gasteiger partial charge in [-0.2, -0.15) is 0 Å². The third kappa shape index (κ3) is 2.89. The predicted octanol–water partition coefficient (Wildman–Crippen LogP) is 3.06. The van der Waals surface area contributed by atoms with Crippen molar-refractivity contribution >= 4 is 27.6 Å². The zero-order valence-corrected chi connectivity index (χ0v) is 11.2. The number of nitrogens with one attached hydrogen (secondary N) is 1. The molecule has 0 unspecified atom stereocenters. The molecule has 1 aromatic carbocycles. The van der Waals surface area contributed by atoms with Crippen LogP contribution in [0.5, 0.6) is 0 Å². The average Bonchev–Trinajstić information content (AvgIpc) is 2.72. The monoisotopic (exact) mass is 310 g/mol. The van der Waals surface area contributed by atoms with Gasteiger partial charge in [-0.1, -0.05) is 21.1 Å². The second kappa shape index (κ2) is 5.22. The van der Waals surface area contributed by atoms with E-state index in [9.17, 15) is 4.79 Å². The zero-order chi connectivity index (χ0) is 13.1. The Morgan fingerprint density at radius 2 is 2.28 bits per heavy atom. The first-order valence-electron chi connectivity index (χ1n) is 5.25. The lowest BCUT2D eigenvalue weighted by molar-refractivity contribution is 0.0698. The summed E-state index contributed by atoms with van der Waals surface area (Å²) in [5.74, 6) is -0.249. The summed E-state index contributed by atoms with van der Waals surface area (Å²) in [6, 6.07) is 6.75. The Bertz CT molecular complexity index is 580. The van der Waals surface area contributed by atoms with E-state index in [2.05, 4.69) is 26.4 Å². The molecule has 0 fully saturated rings. The minimum Gasteiger partial charge on any atom is -0.478 e. The summed E-state index contributed by atoms with van der Waals surface area (Å²) in [6.45, 7) is 2.21. The normalized spacial score (nSPS) is 10.3. The molecule has 5 nitrogen and oxygen atoms in total. The van der Waals surface area contributed by atoms with Crippen molar-refractivity contribution in [2.24, 2.45) is 0 Å². The Morgan fingerprint density at radius 1 is 1.50 bits per heavy atom. The quantitative estimate of drug-likeness (QED) is 0.907. The molecule has 18 heavy (non-hydrogen) atoms. The van der Waals surface area contributed by atoms with Gasteiger partial charge in [0.05, 0.1) is 17.8 Å². The van der Waals surface area contributed by atoms with Crippen LogP contribution in [0.4, 0.5) is 5.69 Å². The van der Waals surface area contributed by atoms with E-state index in [1.54, 1.807) is 31.2 Å². The number of anilines is 1. The standard InChI is InChI=1S/C12H11BrN2O3/c1-7-4-9(15-18-7)6-14-11-5-8(13)2-3-10(11)12(16)17/h2-5,14H,6H2,1H3,(H,16,17). The van der Waals surface area contributed by atoms with Crippen molar-refractivity contribution in [1.82, 2.24) is 5.16 Å². The van der Waals surface area contributed by atoms with Crippen molar-refractivity contribution in [1.29, 1.82) is 0 Å². The molecular formula is C12H11BrN2O3. The third-order valence-corrected chi connectivity index (χ3v) is 2.84. The molecule has 1 aromatic heterocycles. The van der Waals surface area contributed by atoms with Crippen molar-refractivity contribution in [3.63, 3.8) is 0 Å². The van der Waals surface area contributed by atoms with E-state index in [-0.39, 0.29) is 5.56 Å². The number of rotatable bonds is 4. The fourth-order valence-electron chi connectivity index (χ4n) is 1.54. The molecule has 2 rings (SSSR count). The second-order valence-electron chi connectivity index (χ2n) is 3.78. The Morgan fingerprint density at radius 3 is 2.89 bits per heavy atom. The molecule has 94 valence electrons. The number of carboxylic acids is 1. The first-order chi connectivity index (χ1) is 8.56. The summed E-state index contributed by atoms with van der Waals surface area (Å²) in [6.07, 6.45) is 0. The van der Waals surface area contributed by atoms with Gasteiger partial charge in [0.25, 0.3) is 0 Å². The molecule has 0 saturated heterocycles. The summed E-state index contributed by atoms with van der Waals surface area (Å²) in [4.78, 5) is 11.1. The van der Waals surface area contributed by atoms with Crippen molar-refractivity contribution in [3.8, 4) is 0 Å². The fourth-order valence-corrected chi connectivity index (χ4v) is 1.90. The SMILES string of the molecule is Cc1cc(CNc2cc(Br)ccc2C(=O)O)no1. The van der Waals surface area contributed by atoms with Crippen LogP contribution in [-0.2, 0) is 6.54 Å². The van der Waals surface area contributed by atoms with E-state index >= 15 is 0 Å². The molecule has 0 aliphatic carbocycles. The van der Waals surface area contributed by atoms with Gasteiger partial charge >= 0.3 is 5.97 Å².